The second kappa shape index (κ2) is 13.7. The van der Waals surface area contributed by atoms with E-state index in [1.807, 2.05) is 0 Å². The van der Waals surface area contributed by atoms with Gasteiger partial charge in [-0.15, -0.1) is 0 Å². The van der Waals surface area contributed by atoms with Crippen LogP contribution >= 0.6 is 0 Å². The summed E-state index contributed by atoms with van der Waals surface area (Å²) < 4.78 is 9.52. The van der Waals surface area contributed by atoms with Gasteiger partial charge in [-0.2, -0.15) is 0 Å². The molecule has 3 atom stereocenters. The average Bonchev–Trinajstić information content (AvgIpc) is 2.87. The first-order valence-electron chi connectivity index (χ1n) is 10.7. The van der Waals surface area contributed by atoms with E-state index < -0.39 is 36.1 Å². The van der Waals surface area contributed by atoms with Crippen LogP contribution in [0.25, 0.3) is 0 Å². The van der Waals surface area contributed by atoms with Gasteiger partial charge in [-0.3, -0.25) is 0 Å². The van der Waals surface area contributed by atoms with Crippen molar-refractivity contribution in [2.45, 2.75) is 25.0 Å². The lowest BCUT2D eigenvalue weighted by molar-refractivity contribution is -0.166. The molecule has 3 rings (SSSR count). The first-order valence-corrected chi connectivity index (χ1v) is 10.7. The smallest absolute Gasteiger partial charge is 0.349 e. The van der Waals surface area contributed by atoms with Gasteiger partial charge >= 0.3 is 23.9 Å². The Balaban J connectivity index is 0.000000430. The number of ether oxygens (including phenoxy) is 2. The van der Waals surface area contributed by atoms with Crippen LogP contribution in [0.1, 0.15) is 33.6 Å². The molecule has 182 valence electrons. The van der Waals surface area contributed by atoms with Gasteiger partial charge in [-0.25, -0.2) is 19.2 Å². The molecule has 0 bridgehead atoms. The van der Waals surface area contributed by atoms with Gasteiger partial charge in [0.2, 0.25) is 12.2 Å². The Hall–Kier alpha value is -3.76. The molecule has 1 saturated heterocycles. The van der Waals surface area contributed by atoms with Crippen LogP contribution in [0.4, 0.5) is 0 Å². The van der Waals surface area contributed by atoms with Crippen LogP contribution in [0.5, 0.6) is 0 Å². The summed E-state index contributed by atoms with van der Waals surface area (Å²) in [5, 5.41) is 21.8. The number of aliphatic carboxylic acids is 2. The lowest BCUT2D eigenvalue weighted by Crippen LogP contribution is -2.45. The molecule has 1 aliphatic rings. The Morgan fingerprint density at radius 3 is 1.59 bits per heavy atom. The van der Waals surface area contributed by atoms with Gasteiger partial charge in [0.25, 0.3) is 0 Å². The van der Waals surface area contributed by atoms with Gasteiger partial charge in [-0.05, 0) is 62.7 Å². The zero-order valence-electron chi connectivity index (χ0n) is 18.5. The molecule has 0 aliphatic carbocycles. The minimum absolute atomic E-state index is 0.0253. The number of esters is 2. The maximum absolute atomic E-state index is 12.0. The molecule has 10 nitrogen and oxygen atoms in total. The van der Waals surface area contributed by atoms with E-state index in [4.69, 9.17) is 15.2 Å². The predicted octanol–water partition coefficient (Wildman–Crippen LogP) is 1.55. The number of nitrogens with one attached hydrogen (secondary N) is 1. The quantitative estimate of drug-likeness (QED) is 0.414. The van der Waals surface area contributed by atoms with Crippen molar-refractivity contribution >= 4 is 23.9 Å². The molecule has 0 aromatic heterocycles. The Morgan fingerprint density at radius 2 is 1.29 bits per heavy atom. The number of piperidine rings is 1. The number of rotatable bonds is 8. The van der Waals surface area contributed by atoms with Crippen molar-refractivity contribution < 1.29 is 38.9 Å². The highest BCUT2D eigenvalue weighted by Crippen LogP contribution is 2.13. The fourth-order valence-corrected chi connectivity index (χ4v) is 3.12. The first kappa shape index (κ1) is 26.5. The average molecular weight is 472 g/mol. The van der Waals surface area contributed by atoms with E-state index in [2.05, 4.69) is 5.32 Å². The SMILES string of the molecule is NCC1CCCNC1.O=C(OC(C(=O)O)[C@H](OC(=O)c1ccccc1)C(=O)O)c1ccccc1. The third-order valence-corrected chi connectivity index (χ3v) is 4.98. The van der Waals surface area contributed by atoms with E-state index in [1.165, 1.54) is 67.9 Å². The van der Waals surface area contributed by atoms with E-state index in [1.54, 1.807) is 12.1 Å². The standard InChI is InChI=1S/C18H14O8.C6H14N2/c19-15(20)13(25-17(23)11-7-3-1-4-8-11)14(16(21)22)26-18(24)12-9-5-2-6-10-12;7-4-6-2-1-3-8-5-6/h1-10,13-14H,(H,19,20)(H,21,22);6,8H,1-5,7H2/t13-,14?;/m0./s1. The first-order chi connectivity index (χ1) is 16.3. The molecular weight excluding hydrogens is 444 g/mol. The van der Waals surface area contributed by atoms with Crippen molar-refractivity contribution in [3.05, 3.63) is 71.8 Å². The Morgan fingerprint density at radius 1 is 0.853 bits per heavy atom. The molecule has 0 amide bonds. The molecule has 5 N–H and O–H groups in total. The number of nitrogens with two attached hydrogens (primary N) is 1. The number of hydrogen-bond acceptors (Lipinski definition) is 8. The summed E-state index contributed by atoms with van der Waals surface area (Å²) in [6.07, 6.45) is -1.80. The Labute approximate surface area is 196 Å². The van der Waals surface area contributed by atoms with Gasteiger partial charge in [-0.1, -0.05) is 36.4 Å². The van der Waals surface area contributed by atoms with Crippen molar-refractivity contribution in [1.82, 2.24) is 5.32 Å². The molecule has 0 saturated carbocycles. The fourth-order valence-electron chi connectivity index (χ4n) is 3.12. The molecule has 0 spiro atoms. The van der Waals surface area contributed by atoms with Gasteiger partial charge < -0.3 is 30.7 Å². The highest BCUT2D eigenvalue weighted by Gasteiger charge is 2.41. The maximum atomic E-state index is 12.0. The van der Waals surface area contributed by atoms with Crippen molar-refractivity contribution in [2.75, 3.05) is 19.6 Å². The zero-order chi connectivity index (χ0) is 24.9. The second-order valence-electron chi connectivity index (χ2n) is 7.51. The number of carbonyl (C=O) groups excluding carboxylic acids is 2. The normalized spacial score (nSPS) is 16.7. The maximum Gasteiger partial charge on any atom is 0.349 e. The van der Waals surface area contributed by atoms with Crippen LogP contribution in [-0.4, -0.2) is 65.9 Å². The van der Waals surface area contributed by atoms with E-state index in [9.17, 15) is 29.4 Å². The van der Waals surface area contributed by atoms with Gasteiger partial charge in [0.05, 0.1) is 11.1 Å². The Bertz CT molecular complexity index is 876. The summed E-state index contributed by atoms with van der Waals surface area (Å²) in [5.74, 6) is -4.88. The number of carboxylic acid groups (broad SMARTS) is 2. The number of hydrogen-bond donors (Lipinski definition) is 4. The molecule has 34 heavy (non-hydrogen) atoms. The monoisotopic (exact) mass is 472 g/mol. The minimum Gasteiger partial charge on any atom is -0.478 e. The summed E-state index contributed by atoms with van der Waals surface area (Å²) in [6.45, 7) is 3.18. The van der Waals surface area contributed by atoms with Crippen LogP contribution in [0.15, 0.2) is 60.7 Å². The largest absolute Gasteiger partial charge is 0.478 e. The molecule has 1 heterocycles. The summed E-state index contributed by atoms with van der Waals surface area (Å²) in [5.41, 5.74) is 5.51. The lowest BCUT2D eigenvalue weighted by Gasteiger charge is -2.21. The van der Waals surface area contributed by atoms with Crippen LogP contribution < -0.4 is 11.1 Å². The highest BCUT2D eigenvalue weighted by atomic mass is 16.6. The second-order valence-corrected chi connectivity index (χ2v) is 7.51. The van der Waals surface area contributed by atoms with Crippen molar-refractivity contribution in [2.24, 2.45) is 11.7 Å². The molecule has 1 fully saturated rings. The Kier molecular flexibility index (Phi) is 10.7. The van der Waals surface area contributed by atoms with Gasteiger partial charge in [0, 0.05) is 0 Å². The molecule has 1 aliphatic heterocycles. The highest BCUT2D eigenvalue weighted by molar-refractivity contribution is 5.95. The minimum atomic E-state index is -2.21. The van der Waals surface area contributed by atoms with Crippen molar-refractivity contribution in [3.8, 4) is 0 Å². The van der Waals surface area contributed by atoms with E-state index in [-0.39, 0.29) is 11.1 Å². The molecule has 2 unspecified atom stereocenters. The van der Waals surface area contributed by atoms with E-state index >= 15 is 0 Å². The lowest BCUT2D eigenvalue weighted by atomic mass is 10.0. The molecule has 10 heteroatoms. The van der Waals surface area contributed by atoms with Crippen LogP contribution in [0, 0.1) is 5.92 Å². The summed E-state index contributed by atoms with van der Waals surface area (Å²) in [4.78, 5) is 46.8. The van der Waals surface area contributed by atoms with Crippen molar-refractivity contribution in [1.29, 1.82) is 0 Å². The topological polar surface area (TPSA) is 165 Å². The van der Waals surface area contributed by atoms with Gasteiger partial charge in [0.1, 0.15) is 0 Å². The summed E-state index contributed by atoms with van der Waals surface area (Å²) >= 11 is 0. The number of carboxylic acids is 2. The third-order valence-electron chi connectivity index (χ3n) is 4.98. The third kappa shape index (κ3) is 8.30. The van der Waals surface area contributed by atoms with Gasteiger partial charge in [0.15, 0.2) is 0 Å². The van der Waals surface area contributed by atoms with E-state index in [0.717, 1.165) is 19.0 Å². The zero-order valence-corrected chi connectivity index (χ0v) is 18.5. The summed E-state index contributed by atoms with van der Waals surface area (Å²) in [6, 6.07) is 14.8. The number of carbonyl (C=O) groups is 4. The fraction of sp³-hybridized carbons (Fsp3) is 0.333. The molecule has 0 radical (unpaired) electrons. The van der Waals surface area contributed by atoms with Crippen molar-refractivity contribution in [3.63, 3.8) is 0 Å². The summed E-state index contributed by atoms with van der Waals surface area (Å²) in [7, 11) is 0. The van der Waals surface area contributed by atoms with Crippen LogP contribution in [0.3, 0.4) is 0 Å². The molecular formula is C24H28N2O8. The predicted molar refractivity (Wildman–Crippen MR) is 121 cm³/mol. The molecule has 2 aromatic rings. The molecule has 2 aromatic carbocycles. The van der Waals surface area contributed by atoms with Crippen LogP contribution in [0.2, 0.25) is 0 Å². The van der Waals surface area contributed by atoms with Crippen LogP contribution in [-0.2, 0) is 19.1 Å². The van der Waals surface area contributed by atoms with E-state index in [0.29, 0.717) is 0 Å². The number of benzene rings is 2.